The van der Waals surface area contributed by atoms with Crippen molar-refractivity contribution in [1.82, 2.24) is 10.2 Å². The molecule has 1 aliphatic heterocycles. The third kappa shape index (κ3) is 2.52. The lowest BCUT2D eigenvalue weighted by atomic mass is 9.99. The van der Waals surface area contributed by atoms with Crippen molar-refractivity contribution >= 4 is 17.7 Å². The molecule has 1 aromatic heterocycles. The number of nitrogens with one attached hydrogen (secondary N) is 1. The van der Waals surface area contributed by atoms with Gasteiger partial charge in [-0.2, -0.15) is 0 Å². The number of furan rings is 1. The van der Waals surface area contributed by atoms with E-state index in [9.17, 15) is 14.4 Å². The molecule has 3 amide bonds. The van der Waals surface area contributed by atoms with Crippen molar-refractivity contribution < 1.29 is 18.8 Å². The molecule has 23 heavy (non-hydrogen) atoms. The Morgan fingerprint density at radius 3 is 2.48 bits per heavy atom. The summed E-state index contributed by atoms with van der Waals surface area (Å²) >= 11 is 0. The summed E-state index contributed by atoms with van der Waals surface area (Å²) in [6, 6.07) is 11.3. The van der Waals surface area contributed by atoms with Crippen molar-refractivity contribution in [3.8, 4) is 0 Å². The van der Waals surface area contributed by atoms with Gasteiger partial charge in [-0.15, -0.1) is 0 Å². The summed E-state index contributed by atoms with van der Waals surface area (Å²) in [7, 11) is 0. The number of aryl methyl sites for hydroxylation is 1. The Morgan fingerprint density at radius 1 is 1.17 bits per heavy atom. The maximum absolute atomic E-state index is 12.6. The molecule has 0 radical (unpaired) electrons. The van der Waals surface area contributed by atoms with Crippen molar-refractivity contribution in [3.05, 3.63) is 59.5 Å². The molecule has 1 fully saturated rings. The van der Waals surface area contributed by atoms with Crippen LogP contribution in [0.15, 0.2) is 46.9 Å². The molecule has 6 nitrogen and oxygen atoms in total. The second-order valence-corrected chi connectivity index (χ2v) is 5.65. The molecule has 2 aromatic rings. The first kappa shape index (κ1) is 15.0. The van der Waals surface area contributed by atoms with E-state index in [1.165, 1.54) is 0 Å². The summed E-state index contributed by atoms with van der Waals surface area (Å²) in [6.45, 7) is 3.02. The van der Waals surface area contributed by atoms with Gasteiger partial charge in [0.05, 0.1) is 6.54 Å². The van der Waals surface area contributed by atoms with Crippen LogP contribution in [0.1, 0.15) is 28.8 Å². The summed E-state index contributed by atoms with van der Waals surface area (Å²) < 4.78 is 5.48. The number of carbonyl (C=O) groups is 3. The topological polar surface area (TPSA) is 79.6 Å². The zero-order chi connectivity index (χ0) is 16.6. The van der Waals surface area contributed by atoms with Gasteiger partial charge in [0.2, 0.25) is 0 Å². The fourth-order valence-corrected chi connectivity index (χ4v) is 2.57. The van der Waals surface area contributed by atoms with E-state index in [1.54, 1.807) is 56.3 Å². The molecule has 1 aromatic carbocycles. The highest BCUT2D eigenvalue weighted by Gasteiger charge is 2.51. The van der Waals surface area contributed by atoms with Crippen LogP contribution in [0.2, 0.25) is 0 Å². The van der Waals surface area contributed by atoms with Crippen molar-refractivity contribution in [1.29, 1.82) is 0 Å². The molecule has 0 bridgehead atoms. The minimum absolute atomic E-state index is 0.297. The van der Waals surface area contributed by atoms with Crippen LogP contribution < -0.4 is 5.32 Å². The van der Waals surface area contributed by atoms with E-state index in [1.807, 2.05) is 0 Å². The monoisotopic (exact) mass is 312 g/mol. The van der Waals surface area contributed by atoms with Crippen molar-refractivity contribution in [2.24, 2.45) is 0 Å². The minimum Gasteiger partial charge on any atom is -0.463 e. The Kier molecular flexibility index (Phi) is 3.52. The Bertz CT molecular complexity index is 781. The quantitative estimate of drug-likeness (QED) is 0.693. The van der Waals surface area contributed by atoms with E-state index in [0.717, 1.165) is 4.90 Å². The highest BCUT2D eigenvalue weighted by molar-refractivity contribution is 6.11. The van der Waals surface area contributed by atoms with Gasteiger partial charge in [0.25, 0.3) is 5.91 Å². The smallest absolute Gasteiger partial charge is 0.325 e. The molecule has 1 aliphatic rings. The van der Waals surface area contributed by atoms with Crippen molar-refractivity contribution in [2.45, 2.75) is 19.4 Å². The van der Waals surface area contributed by atoms with Crippen molar-refractivity contribution in [3.63, 3.8) is 0 Å². The third-order valence-corrected chi connectivity index (χ3v) is 3.91. The number of Topliss-reactive ketones (excluding diaryl/α,β-unsaturated/α-hetero) is 1. The zero-order valence-electron chi connectivity index (χ0n) is 12.8. The van der Waals surface area contributed by atoms with E-state index in [0.29, 0.717) is 17.1 Å². The van der Waals surface area contributed by atoms with Crippen LogP contribution in [0.4, 0.5) is 4.79 Å². The van der Waals surface area contributed by atoms with Gasteiger partial charge >= 0.3 is 6.03 Å². The van der Waals surface area contributed by atoms with Gasteiger partial charge in [-0.25, -0.2) is 4.79 Å². The van der Waals surface area contributed by atoms with E-state index >= 15 is 0 Å². The lowest BCUT2D eigenvalue weighted by Gasteiger charge is -2.18. The second kappa shape index (κ2) is 5.39. The van der Waals surface area contributed by atoms with Crippen LogP contribution in [-0.2, 0) is 10.3 Å². The number of ketones is 1. The molecule has 1 atom stereocenters. The van der Waals surface area contributed by atoms with Crippen LogP contribution in [0, 0.1) is 6.92 Å². The van der Waals surface area contributed by atoms with Gasteiger partial charge in [0, 0.05) is 5.56 Å². The van der Waals surface area contributed by atoms with Crippen LogP contribution in [-0.4, -0.2) is 29.2 Å². The first-order valence-electron chi connectivity index (χ1n) is 7.21. The summed E-state index contributed by atoms with van der Waals surface area (Å²) in [5.74, 6) is 0.195. The molecule has 0 aliphatic carbocycles. The molecule has 1 N–H and O–H groups in total. The van der Waals surface area contributed by atoms with Gasteiger partial charge in [0.1, 0.15) is 11.5 Å². The molecule has 3 rings (SSSR count). The molecular formula is C17H16N2O4. The number of nitrogens with zero attached hydrogens (tertiary/aromatic N) is 1. The van der Waals surface area contributed by atoms with Gasteiger partial charge < -0.3 is 9.73 Å². The van der Waals surface area contributed by atoms with Crippen molar-refractivity contribution in [2.75, 3.05) is 6.54 Å². The van der Waals surface area contributed by atoms with E-state index in [-0.39, 0.29) is 12.3 Å². The maximum Gasteiger partial charge on any atom is 0.325 e. The molecule has 6 heteroatoms. The number of imide groups is 1. The number of carbonyl (C=O) groups excluding carboxylic acids is 3. The number of hydrogen-bond acceptors (Lipinski definition) is 4. The van der Waals surface area contributed by atoms with Gasteiger partial charge in [-0.05, 0) is 26.0 Å². The molecule has 118 valence electrons. The van der Waals surface area contributed by atoms with Gasteiger partial charge in [0.15, 0.2) is 11.3 Å². The molecular weight excluding hydrogens is 296 g/mol. The minimum atomic E-state index is -1.29. The number of hydrogen-bond donors (Lipinski definition) is 1. The van der Waals surface area contributed by atoms with Gasteiger partial charge in [-0.3, -0.25) is 14.5 Å². The first-order chi connectivity index (χ1) is 10.9. The highest BCUT2D eigenvalue weighted by Crippen LogP contribution is 2.30. The lowest BCUT2D eigenvalue weighted by Crippen LogP contribution is -2.41. The largest absolute Gasteiger partial charge is 0.463 e. The van der Waals surface area contributed by atoms with Crippen LogP contribution >= 0.6 is 0 Å². The molecule has 2 heterocycles. The van der Waals surface area contributed by atoms with E-state index < -0.39 is 17.5 Å². The summed E-state index contributed by atoms with van der Waals surface area (Å²) in [4.78, 5) is 38.0. The van der Waals surface area contributed by atoms with Crippen LogP contribution in [0.3, 0.4) is 0 Å². The fraction of sp³-hybridized carbons (Fsp3) is 0.235. The summed E-state index contributed by atoms with van der Waals surface area (Å²) in [5.41, 5.74) is -0.835. The normalized spacial score (nSPS) is 20.7. The first-order valence-corrected chi connectivity index (χ1v) is 7.21. The average molecular weight is 312 g/mol. The predicted octanol–water partition coefficient (Wildman–Crippen LogP) is 2.24. The van der Waals surface area contributed by atoms with Gasteiger partial charge in [-0.1, -0.05) is 30.3 Å². The Labute approximate surface area is 133 Å². The lowest BCUT2D eigenvalue weighted by molar-refractivity contribution is -0.131. The molecule has 0 saturated carbocycles. The number of benzene rings is 1. The molecule has 0 spiro atoms. The number of rotatable bonds is 4. The SMILES string of the molecule is Cc1ccc(C2(C)NC(=O)N(CC(=O)c3ccccc3)C2=O)o1. The maximum atomic E-state index is 12.6. The van der Waals surface area contributed by atoms with E-state index in [2.05, 4.69) is 5.32 Å². The highest BCUT2D eigenvalue weighted by atomic mass is 16.3. The third-order valence-electron chi connectivity index (χ3n) is 3.91. The van der Waals surface area contributed by atoms with Crippen LogP contribution in [0.25, 0.3) is 0 Å². The zero-order valence-corrected chi connectivity index (χ0v) is 12.8. The van der Waals surface area contributed by atoms with Crippen LogP contribution in [0.5, 0.6) is 0 Å². The Morgan fingerprint density at radius 2 is 1.87 bits per heavy atom. The molecule has 1 saturated heterocycles. The average Bonchev–Trinajstić information content (AvgIpc) is 3.07. The molecule has 1 unspecified atom stereocenters. The predicted molar refractivity (Wildman–Crippen MR) is 81.8 cm³/mol. The standard InChI is InChI=1S/C17H16N2O4/c1-11-8-9-14(23-11)17(2)15(21)19(16(22)18-17)10-13(20)12-6-4-3-5-7-12/h3-9H,10H2,1-2H3,(H,18,22). The Balaban J connectivity index is 1.83. The van der Waals surface area contributed by atoms with E-state index in [4.69, 9.17) is 4.42 Å². The summed E-state index contributed by atoms with van der Waals surface area (Å²) in [6.07, 6.45) is 0. The number of urea groups is 1. The number of amides is 3. The fourth-order valence-electron chi connectivity index (χ4n) is 2.57. The Hall–Kier alpha value is -2.89. The summed E-state index contributed by atoms with van der Waals surface area (Å²) in [5, 5.41) is 2.61. The second-order valence-electron chi connectivity index (χ2n) is 5.65.